The largest absolute Gasteiger partial charge is 0.497 e. The number of benzene rings is 3. The molecule has 1 saturated heterocycles. The van der Waals surface area contributed by atoms with Crippen LogP contribution >= 0.6 is 0 Å². The van der Waals surface area contributed by atoms with Crippen molar-refractivity contribution in [3.63, 3.8) is 0 Å². The number of hydrogen-bond acceptors (Lipinski definition) is 6. The molecule has 4 rings (SSSR count). The first kappa shape index (κ1) is 30.5. The molecule has 0 radical (unpaired) electrons. The zero-order valence-electron chi connectivity index (χ0n) is 23.3. The normalized spacial score (nSPS) is 15.3. The van der Waals surface area contributed by atoms with Gasteiger partial charge in [0.1, 0.15) is 29.6 Å². The highest BCUT2D eigenvalue weighted by atomic mass is 32.2. The van der Waals surface area contributed by atoms with E-state index in [9.17, 15) is 21.6 Å². The molecule has 1 aliphatic heterocycles. The van der Waals surface area contributed by atoms with Crippen LogP contribution in [0, 0.1) is 0 Å². The Morgan fingerprint density at radius 2 is 1.44 bits per heavy atom. The van der Waals surface area contributed by atoms with Gasteiger partial charge in [-0.15, -0.1) is 0 Å². The van der Waals surface area contributed by atoms with Gasteiger partial charge in [0.2, 0.25) is 0 Å². The lowest BCUT2D eigenvalue weighted by atomic mass is 10.00. The lowest BCUT2D eigenvalue weighted by Crippen LogP contribution is -2.33. The molecule has 1 aliphatic rings. The molecule has 0 amide bonds. The van der Waals surface area contributed by atoms with Gasteiger partial charge in [0, 0.05) is 18.4 Å². The number of hydrogen-bond donors (Lipinski definition) is 0. The van der Waals surface area contributed by atoms with Crippen LogP contribution in [0.15, 0.2) is 71.6 Å². The summed E-state index contributed by atoms with van der Waals surface area (Å²) in [5.74, 6) is 2.06. The van der Waals surface area contributed by atoms with Gasteiger partial charge in [-0.25, -0.2) is 8.42 Å². The van der Waals surface area contributed by atoms with E-state index in [2.05, 4.69) is 4.90 Å². The van der Waals surface area contributed by atoms with Gasteiger partial charge in [-0.3, -0.25) is 4.90 Å². The van der Waals surface area contributed by atoms with E-state index < -0.39 is 26.5 Å². The Labute approximate surface area is 239 Å². The molecule has 0 bridgehead atoms. The number of rotatable bonds is 10. The standard InChI is InChI=1S/C31H34F3NO5S/c1-22(24-9-16-29(41(3,36)37)28(21-24)31(32,33)34)30(23-7-10-25(38-2)11-8-23)40-27-14-12-26(13-15-27)39-20-19-35-17-5-4-6-18-35/h7-16,21H,4-6,17-20H2,1-3H3. The molecule has 0 atom stereocenters. The molecule has 3 aromatic carbocycles. The van der Waals surface area contributed by atoms with Gasteiger partial charge in [0.25, 0.3) is 0 Å². The Morgan fingerprint density at radius 3 is 2.02 bits per heavy atom. The van der Waals surface area contributed by atoms with Gasteiger partial charge < -0.3 is 14.2 Å². The second kappa shape index (κ2) is 13.0. The van der Waals surface area contributed by atoms with Gasteiger partial charge in [-0.2, -0.15) is 13.2 Å². The third-order valence-corrected chi connectivity index (χ3v) is 8.13. The first-order valence-electron chi connectivity index (χ1n) is 13.4. The average Bonchev–Trinajstić information content (AvgIpc) is 2.96. The summed E-state index contributed by atoms with van der Waals surface area (Å²) in [7, 11) is -2.57. The van der Waals surface area contributed by atoms with Crippen LogP contribution in [0.4, 0.5) is 13.2 Å². The van der Waals surface area contributed by atoms with Crippen LogP contribution in [-0.4, -0.2) is 52.9 Å². The number of ether oxygens (including phenoxy) is 3. The highest BCUT2D eigenvalue weighted by molar-refractivity contribution is 7.90. The monoisotopic (exact) mass is 589 g/mol. The van der Waals surface area contributed by atoms with Crippen molar-refractivity contribution in [1.82, 2.24) is 4.90 Å². The van der Waals surface area contributed by atoms with Crippen molar-refractivity contribution in [2.75, 3.05) is 39.6 Å². The Bertz CT molecular complexity index is 1460. The molecule has 3 aromatic rings. The number of methoxy groups -OCH3 is 1. The summed E-state index contributed by atoms with van der Waals surface area (Å²) in [5, 5.41) is 0. The second-order valence-electron chi connectivity index (χ2n) is 9.99. The molecule has 0 aromatic heterocycles. The molecule has 0 aliphatic carbocycles. The molecule has 0 unspecified atom stereocenters. The smallest absolute Gasteiger partial charge is 0.417 e. The van der Waals surface area contributed by atoms with Crippen LogP contribution in [-0.2, 0) is 16.0 Å². The lowest BCUT2D eigenvalue weighted by Gasteiger charge is -2.26. The molecular formula is C31H34F3NO5S. The van der Waals surface area contributed by atoms with Crippen molar-refractivity contribution in [3.8, 4) is 17.2 Å². The van der Waals surface area contributed by atoms with E-state index in [1.54, 1.807) is 55.5 Å². The fourth-order valence-corrected chi connectivity index (χ4v) is 5.62. The van der Waals surface area contributed by atoms with Gasteiger partial charge in [-0.05, 0) is 105 Å². The minimum absolute atomic E-state index is 0.174. The summed E-state index contributed by atoms with van der Waals surface area (Å²) < 4.78 is 83.1. The third-order valence-electron chi connectivity index (χ3n) is 6.98. The molecular weight excluding hydrogens is 555 g/mol. The fourth-order valence-electron chi connectivity index (χ4n) is 4.73. The number of alkyl halides is 3. The van der Waals surface area contributed by atoms with Crippen LogP contribution in [0.2, 0.25) is 0 Å². The Morgan fingerprint density at radius 1 is 0.854 bits per heavy atom. The molecule has 1 fully saturated rings. The number of allylic oxidation sites excluding steroid dienone is 1. The van der Waals surface area contributed by atoms with Crippen LogP contribution < -0.4 is 14.2 Å². The zero-order valence-corrected chi connectivity index (χ0v) is 24.1. The number of piperidine rings is 1. The minimum atomic E-state index is -4.86. The predicted molar refractivity (Wildman–Crippen MR) is 153 cm³/mol. The number of nitrogens with zero attached hydrogens (tertiary/aromatic N) is 1. The van der Waals surface area contributed by atoms with Gasteiger partial charge in [0.05, 0.1) is 17.6 Å². The van der Waals surface area contributed by atoms with Crippen molar-refractivity contribution < 1.29 is 35.8 Å². The SMILES string of the molecule is COc1ccc(C(Oc2ccc(OCCN3CCCCC3)cc2)=C(C)c2ccc(S(C)(=O)=O)c(C(F)(F)F)c2)cc1. The van der Waals surface area contributed by atoms with Crippen LogP contribution in [0.1, 0.15) is 42.9 Å². The molecule has 41 heavy (non-hydrogen) atoms. The number of sulfone groups is 1. The zero-order chi connectivity index (χ0) is 29.6. The first-order valence-corrected chi connectivity index (χ1v) is 15.2. The average molecular weight is 590 g/mol. The van der Waals surface area contributed by atoms with Crippen LogP contribution in [0.5, 0.6) is 17.2 Å². The summed E-state index contributed by atoms with van der Waals surface area (Å²) in [4.78, 5) is 1.62. The Balaban J connectivity index is 1.63. The highest BCUT2D eigenvalue weighted by Crippen LogP contribution is 2.38. The van der Waals surface area contributed by atoms with Crippen molar-refractivity contribution in [3.05, 3.63) is 83.4 Å². The van der Waals surface area contributed by atoms with Gasteiger partial charge in [0.15, 0.2) is 9.84 Å². The van der Waals surface area contributed by atoms with E-state index in [0.717, 1.165) is 38.0 Å². The molecule has 220 valence electrons. The van der Waals surface area contributed by atoms with E-state index in [4.69, 9.17) is 14.2 Å². The quantitative estimate of drug-likeness (QED) is 0.188. The molecule has 0 N–H and O–H groups in total. The molecule has 6 nitrogen and oxygen atoms in total. The number of halogens is 3. The van der Waals surface area contributed by atoms with E-state index in [0.29, 0.717) is 40.8 Å². The first-order chi connectivity index (χ1) is 19.5. The van der Waals surface area contributed by atoms with Crippen molar-refractivity contribution in [1.29, 1.82) is 0 Å². The molecule has 1 heterocycles. The molecule has 0 spiro atoms. The Hall–Kier alpha value is -3.50. The summed E-state index contributed by atoms with van der Waals surface area (Å²) in [5.41, 5.74) is -0.0568. The fraction of sp³-hybridized carbons (Fsp3) is 0.355. The van der Waals surface area contributed by atoms with E-state index in [-0.39, 0.29) is 5.56 Å². The maximum absolute atomic E-state index is 13.9. The minimum Gasteiger partial charge on any atom is -0.497 e. The van der Waals surface area contributed by atoms with Crippen molar-refractivity contribution >= 4 is 21.2 Å². The molecule has 10 heteroatoms. The summed E-state index contributed by atoms with van der Waals surface area (Å²) in [6.07, 6.45) is -0.392. The lowest BCUT2D eigenvalue weighted by molar-refractivity contribution is -0.139. The summed E-state index contributed by atoms with van der Waals surface area (Å²) in [6.45, 7) is 5.25. The maximum atomic E-state index is 13.9. The van der Waals surface area contributed by atoms with Gasteiger partial charge >= 0.3 is 6.18 Å². The topological polar surface area (TPSA) is 65.1 Å². The van der Waals surface area contributed by atoms with Gasteiger partial charge in [-0.1, -0.05) is 12.5 Å². The highest BCUT2D eigenvalue weighted by Gasteiger charge is 2.36. The van der Waals surface area contributed by atoms with E-state index in [1.165, 1.54) is 32.4 Å². The van der Waals surface area contributed by atoms with Crippen LogP contribution in [0.3, 0.4) is 0 Å². The van der Waals surface area contributed by atoms with Crippen molar-refractivity contribution in [2.24, 2.45) is 0 Å². The van der Waals surface area contributed by atoms with Crippen molar-refractivity contribution in [2.45, 2.75) is 37.3 Å². The third kappa shape index (κ3) is 8.04. The summed E-state index contributed by atoms with van der Waals surface area (Å²) in [6, 6.07) is 17.2. The maximum Gasteiger partial charge on any atom is 0.417 e. The predicted octanol–water partition coefficient (Wildman–Crippen LogP) is 6.95. The second-order valence-corrected chi connectivity index (χ2v) is 12.0. The van der Waals surface area contributed by atoms with E-state index >= 15 is 0 Å². The van der Waals surface area contributed by atoms with E-state index in [1.807, 2.05) is 0 Å². The summed E-state index contributed by atoms with van der Waals surface area (Å²) >= 11 is 0. The molecule has 0 saturated carbocycles. The van der Waals surface area contributed by atoms with Crippen LogP contribution in [0.25, 0.3) is 11.3 Å². The Kier molecular flexibility index (Phi) is 9.65. The number of likely N-dealkylation sites (tertiary alicyclic amines) is 1.